The fraction of sp³-hybridized carbons (Fsp3) is 0.447. The van der Waals surface area contributed by atoms with Crippen LogP contribution in [0.2, 0.25) is 0 Å². The number of carbonyl (C=O) groups excluding carboxylic acids is 4. The summed E-state index contributed by atoms with van der Waals surface area (Å²) in [5, 5.41) is 5.56. The van der Waals surface area contributed by atoms with E-state index in [2.05, 4.69) is 75.6 Å². The number of fused-ring (bicyclic) bond motifs is 1. The molecule has 63 heavy (non-hydrogen) atoms. The van der Waals surface area contributed by atoms with Crippen molar-refractivity contribution in [1.29, 1.82) is 0 Å². The summed E-state index contributed by atoms with van der Waals surface area (Å²) >= 11 is 0. The molecule has 0 spiro atoms. The van der Waals surface area contributed by atoms with Crippen LogP contribution in [0.1, 0.15) is 109 Å². The van der Waals surface area contributed by atoms with Gasteiger partial charge in [-0.25, -0.2) is 18.4 Å². The molecule has 2 fully saturated rings. The third-order valence-corrected chi connectivity index (χ3v) is 12.6. The summed E-state index contributed by atoms with van der Waals surface area (Å²) in [7, 11) is -3.48. The Bertz CT molecular complexity index is 2380. The molecule has 15 nitrogen and oxygen atoms in total. The molecule has 0 radical (unpaired) electrons. The van der Waals surface area contributed by atoms with Gasteiger partial charge in [-0.05, 0) is 123 Å². The molecular formula is C47H56N6O9S. The van der Waals surface area contributed by atoms with Crippen molar-refractivity contribution < 1.29 is 41.8 Å². The lowest BCUT2D eigenvalue weighted by atomic mass is 9.78. The summed E-state index contributed by atoms with van der Waals surface area (Å²) in [6, 6.07) is 22.1. The number of rotatable bonds is 20. The fourth-order valence-corrected chi connectivity index (χ4v) is 8.73. The molecule has 1 atom stereocenters. The Labute approximate surface area is 368 Å². The maximum absolute atomic E-state index is 13.1. The van der Waals surface area contributed by atoms with Gasteiger partial charge in [-0.2, -0.15) is 0 Å². The molecule has 4 aromatic rings. The van der Waals surface area contributed by atoms with Crippen LogP contribution in [-0.2, 0) is 36.4 Å². The van der Waals surface area contributed by atoms with Crippen LogP contribution < -0.4 is 24.8 Å². The normalized spacial score (nSPS) is 19.1. The number of sulfonamides is 1. The lowest BCUT2D eigenvalue weighted by molar-refractivity contribution is -0.136. The highest BCUT2D eigenvalue weighted by molar-refractivity contribution is 7.92. The molecule has 1 unspecified atom stereocenters. The van der Waals surface area contributed by atoms with Crippen LogP contribution in [0.4, 0.5) is 11.6 Å². The van der Waals surface area contributed by atoms with E-state index in [0.717, 1.165) is 86.3 Å². The monoisotopic (exact) mass is 880 g/mol. The zero-order valence-corrected chi connectivity index (χ0v) is 36.9. The first kappa shape index (κ1) is 45.2. The number of hydrogen-bond acceptors (Lipinski definition) is 12. The molecule has 4 amide bonds. The van der Waals surface area contributed by atoms with Gasteiger partial charge in [-0.3, -0.25) is 34.1 Å². The highest BCUT2D eigenvalue weighted by Gasteiger charge is 2.44. The van der Waals surface area contributed by atoms with Crippen molar-refractivity contribution in [2.24, 2.45) is 11.8 Å². The van der Waals surface area contributed by atoms with Crippen molar-refractivity contribution in [1.82, 2.24) is 20.2 Å². The molecule has 2 aliphatic heterocycles. The van der Waals surface area contributed by atoms with Crippen LogP contribution in [-0.4, -0.2) is 85.6 Å². The van der Waals surface area contributed by atoms with Gasteiger partial charge in [0, 0.05) is 43.5 Å². The van der Waals surface area contributed by atoms with Gasteiger partial charge >= 0.3 is 0 Å². The minimum absolute atomic E-state index is 0.00729. The highest BCUT2D eigenvalue weighted by atomic mass is 32.2. The number of hydrogen-bond donors (Lipinski definition) is 3. The van der Waals surface area contributed by atoms with E-state index >= 15 is 0 Å². The second kappa shape index (κ2) is 20.1. The SMILES string of the molecule is CC(C)(c1ccc(OCc2ccnc(NS(C)(=O)=O)n2)cc1)c1ccc(OCC2CCC(COCCCCCNc3ccc4c(c3)C(=O)N(C3CCC(=O)NC3=O)C4=O)CC2)cc1. The first-order chi connectivity index (χ1) is 30.2. The average molecular weight is 881 g/mol. The number of nitrogens with one attached hydrogen (secondary N) is 3. The molecular weight excluding hydrogens is 825 g/mol. The summed E-state index contributed by atoms with van der Waals surface area (Å²) in [4.78, 5) is 59.0. The summed E-state index contributed by atoms with van der Waals surface area (Å²) in [6.07, 6.45) is 10.2. The number of anilines is 2. The Kier molecular flexibility index (Phi) is 14.4. The van der Waals surface area contributed by atoms with Crippen molar-refractivity contribution in [3.63, 3.8) is 0 Å². The maximum atomic E-state index is 13.1. The van der Waals surface area contributed by atoms with Crippen LogP contribution in [0.3, 0.4) is 0 Å². The molecule has 3 aromatic carbocycles. The predicted molar refractivity (Wildman–Crippen MR) is 237 cm³/mol. The van der Waals surface area contributed by atoms with Crippen molar-refractivity contribution in [2.75, 3.05) is 42.7 Å². The number of ether oxygens (including phenoxy) is 3. The quantitative estimate of drug-likeness (QED) is 0.0634. The van der Waals surface area contributed by atoms with E-state index in [0.29, 0.717) is 36.4 Å². The number of amides is 4. The Morgan fingerprint density at radius 1 is 0.778 bits per heavy atom. The molecule has 1 aliphatic carbocycles. The number of aromatic nitrogens is 2. The van der Waals surface area contributed by atoms with Crippen LogP contribution in [0.15, 0.2) is 79.0 Å². The van der Waals surface area contributed by atoms with Gasteiger partial charge in [0.15, 0.2) is 0 Å². The number of unbranched alkanes of at least 4 members (excludes halogenated alkanes) is 2. The van der Waals surface area contributed by atoms with Crippen LogP contribution in [0.25, 0.3) is 0 Å². The number of imide groups is 2. The van der Waals surface area contributed by atoms with E-state index in [9.17, 15) is 27.6 Å². The number of carbonyl (C=O) groups is 4. The van der Waals surface area contributed by atoms with Gasteiger partial charge in [0.1, 0.15) is 24.1 Å². The van der Waals surface area contributed by atoms with Crippen LogP contribution in [0, 0.1) is 11.8 Å². The molecule has 1 aromatic heterocycles. The molecule has 1 saturated heterocycles. The molecule has 334 valence electrons. The summed E-state index contributed by atoms with van der Waals surface area (Å²) in [5.41, 5.74) is 3.89. The fourth-order valence-electron chi connectivity index (χ4n) is 8.30. The minimum atomic E-state index is -3.48. The van der Waals surface area contributed by atoms with Crippen molar-refractivity contribution in [3.8, 4) is 11.5 Å². The molecule has 3 heterocycles. The molecule has 7 rings (SSSR count). The summed E-state index contributed by atoms with van der Waals surface area (Å²) in [6.45, 7) is 7.47. The van der Waals surface area contributed by atoms with E-state index in [1.807, 2.05) is 12.1 Å². The average Bonchev–Trinajstić information content (AvgIpc) is 3.51. The van der Waals surface area contributed by atoms with Crippen molar-refractivity contribution in [3.05, 3.63) is 107 Å². The van der Waals surface area contributed by atoms with Crippen molar-refractivity contribution in [2.45, 2.75) is 89.7 Å². The Balaban J connectivity index is 0.745. The molecule has 3 aliphatic rings. The van der Waals surface area contributed by atoms with Crippen molar-refractivity contribution >= 4 is 45.3 Å². The Morgan fingerprint density at radius 3 is 2.10 bits per heavy atom. The lowest BCUT2D eigenvalue weighted by Crippen LogP contribution is -2.54. The highest BCUT2D eigenvalue weighted by Crippen LogP contribution is 2.35. The smallest absolute Gasteiger partial charge is 0.262 e. The standard InChI is InChI=1S/C47H56N6O9S/c1-47(2,34-13-18-38(19-14-34)62-30-36-23-25-49-46(50-36)52-63(3,58)59)33-11-16-37(17-12-33)61-29-32-9-7-31(8-10-32)28-60-26-6-4-5-24-48-35-15-20-39-40(27-35)45(57)53(44(39)56)41-21-22-42(54)51-43(41)55/h11-20,23,25,27,31-32,41,48H,4-10,21-22,24,26,28-30H2,1-3H3,(H,49,50,52)(H,51,54,55). The van der Waals surface area contributed by atoms with Gasteiger partial charge in [0.05, 0.1) is 29.7 Å². The molecule has 3 N–H and O–H groups in total. The molecule has 0 bridgehead atoms. The Hall–Kier alpha value is -5.87. The number of piperidine rings is 1. The van der Waals surface area contributed by atoms with E-state index in [-0.39, 0.29) is 41.9 Å². The second-order valence-electron chi connectivity index (χ2n) is 17.2. The lowest BCUT2D eigenvalue weighted by Gasteiger charge is -2.28. The van der Waals surface area contributed by atoms with Gasteiger partial charge in [0.25, 0.3) is 11.8 Å². The minimum Gasteiger partial charge on any atom is -0.493 e. The Morgan fingerprint density at radius 2 is 1.43 bits per heavy atom. The maximum Gasteiger partial charge on any atom is 0.262 e. The van der Waals surface area contributed by atoms with Gasteiger partial charge in [0.2, 0.25) is 27.8 Å². The zero-order valence-electron chi connectivity index (χ0n) is 36.1. The van der Waals surface area contributed by atoms with Crippen LogP contribution in [0.5, 0.6) is 11.5 Å². The summed E-state index contributed by atoms with van der Waals surface area (Å²) in [5.74, 6) is 0.629. The first-order valence-electron chi connectivity index (χ1n) is 21.7. The topological polar surface area (TPSA) is 195 Å². The van der Waals surface area contributed by atoms with Gasteiger partial charge in [-0.1, -0.05) is 38.1 Å². The summed E-state index contributed by atoms with van der Waals surface area (Å²) < 4.78 is 43.5. The zero-order chi connectivity index (χ0) is 44.6. The number of benzene rings is 3. The predicted octanol–water partition coefficient (Wildman–Crippen LogP) is 6.64. The van der Waals surface area contributed by atoms with E-state index in [1.165, 1.54) is 11.8 Å². The van der Waals surface area contributed by atoms with E-state index < -0.39 is 39.7 Å². The third kappa shape index (κ3) is 11.8. The first-order valence-corrected chi connectivity index (χ1v) is 23.6. The largest absolute Gasteiger partial charge is 0.493 e. The van der Waals surface area contributed by atoms with E-state index in [4.69, 9.17) is 14.2 Å². The second-order valence-corrected chi connectivity index (χ2v) is 18.9. The van der Waals surface area contributed by atoms with Crippen LogP contribution >= 0.6 is 0 Å². The molecule has 1 saturated carbocycles. The molecule has 16 heteroatoms. The number of nitrogens with zero attached hydrogens (tertiary/aromatic N) is 3. The third-order valence-electron chi connectivity index (χ3n) is 12.1. The van der Waals surface area contributed by atoms with E-state index in [1.54, 1.807) is 24.3 Å². The van der Waals surface area contributed by atoms with Gasteiger partial charge in [-0.15, -0.1) is 0 Å². The van der Waals surface area contributed by atoms with Gasteiger partial charge < -0.3 is 19.5 Å².